The largest absolute Gasteiger partial charge is 0.479 e. The van der Waals surface area contributed by atoms with Crippen LogP contribution in [0.1, 0.15) is 29.9 Å². The van der Waals surface area contributed by atoms with Gasteiger partial charge in [-0.15, -0.1) is 6.58 Å². The zero-order valence-corrected chi connectivity index (χ0v) is 17.5. The van der Waals surface area contributed by atoms with Crippen molar-refractivity contribution in [2.45, 2.75) is 30.9 Å². The van der Waals surface area contributed by atoms with Crippen LogP contribution in [0.25, 0.3) is 11.1 Å². The molecular formula is C24H26N2O6. The number of alkyl carbamates (subject to hydrolysis) is 1. The Morgan fingerprint density at radius 1 is 1.06 bits per heavy atom. The van der Waals surface area contributed by atoms with E-state index in [9.17, 15) is 19.5 Å². The van der Waals surface area contributed by atoms with E-state index in [4.69, 9.17) is 9.84 Å². The molecule has 0 aliphatic heterocycles. The number of rotatable bonds is 10. The van der Waals surface area contributed by atoms with Crippen molar-refractivity contribution in [2.24, 2.45) is 0 Å². The van der Waals surface area contributed by atoms with Crippen LogP contribution in [0.4, 0.5) is 4.79 Å². The molecular weight excluding hydrogens is 412 g/mol. The van der Waals surface area contributed by atoms with Gasteiger partial charge in [-0.05, 0) is 35.1 Å². The summed E-state index contributed by atoms with van der Waals surface area (Å²) in [5.41, 5.74) is 4.37. The van der Waals surface area contributed by atoms with Gasteiger partial charge in [0.25, 0.3) is 0 Å². The molecule has 2 aromatic rings. The van der Waals surface area contributed by atoms with Crippen LogP contribution in [0.2, 0.25) is 0 Å². The van der Waals surface area contributed by atoms with E-state index < -0.39 is 36.7 Å². The van der Waals surface area contributed by atoms with Gasteiger partial charge in [0.05, 0.1) is 6.54 Å². The first kappa shape index (κ1) is 23.0. The number of hydrogen-bond donors (Lipinski definition) is 4. The molecule has 2 amide bonds. The summed E-state index contributed by atoms with van der Waals surface area (Å²) >= 11 is 0. The molecule has 8 heteroatoms. The van der Waals surface area contributed by atoms with Crippen molar-refractivity contribution in [3.8, 4) is 11.1 Å². The average molecular weight is 438 g/mol. The van der Waals surface area contributed by atoms with Crippen molar-refractivity contribution in [1.29, 1.82) is 0 Å². The Balaban J connectivity index is 1.62. The third-order valence-corrected chi connectivity index (χ3v) is 5.37. The maximum Gasteiger partial charge on any atom is 0.407 e. The van der Waals surface area contributed by atoms with E-state index >= 15 is 0 Å². The zero-order chi connectivity index (χ0) is 23.1. The average Bonchev–Trinajstić information content (AvgIpc) is 3.12. The number of allylic oxidation sites excluding steroid dienone is 1. The fourth-order valence-electron chi connectivity index (χ4n) is 3.74. The normalized spacial score (nSPS) is 13.9. The number of hydrogen-bond acceptors (Lipinski definition) is 5. The van der Waals surface area contributed by atoms with Gasteiger partial charge < -0.3 is 25.6 Å². The molecule has 32 heavy (non-hydrogen) atoms. The Labute approximate surface area is 185 Å². The van der Waals surface area contributed by atoms with Crippen LogP contribution in [0.15, 0.2) is 61.2 Å². The van der Waals surface area contributed by atoms with E-state index in [0.717, 1.165) is 22.3 Å². The second-order valence-electron chi connectivity index (χ2n) is 7.49. The van der Waals surface area contributed by atoms with Gasteiger partial charge in [0.2, 0.25) is 5.91 Å². The summed E-state index contributed by atoms with van der Waals surface area (Å²) in [7, 11) is 0. The molecule has 1 aliphatic carbocycles. The maximum atomic E-state index is 12.5. The first-order valence-corrected chi connectivity index (χ1v) is 10.3. The first-order chi connectivity index (χ1) is 15.4. The number of fused-ring (bicyclic) bond motifs is 3. The standard InChI is InChI=1S/C24H26N2O6/c1-2-3-12-20(22(28)25-13-21(27)23(29)30)26-24(31)32-14-19-17-10-6-4-8-15(17)16-9-5-7-11-18(16)19/h2,4-11,19-21,27H,1,3,12-14H2,(H,25,28)(H,26,31)(H,29,30). The molecule has 0 bridgehead atoms. The van der Waals surface area contributed by atoms with Gasteiger partial charge in [-0.25, -0.2) is 9.59 Å². The van der Waals surface area contributed by atoms with Crippen LogP contribution in [0.3, 0.4) is 0 Å². The third kappa shape index (κ3) is 5.33. The molecule has 8 nitrogen and oxygen atoms in total. The first-order valence-electron chi connectivity index (χ1n) is 10.3. The van der Waals surface area contributed by atoms with Crippen LogP contribution in [0.5, 0.6) is 0 Å². The van der Waals surface area contributed by atoms with Crippen molar-refractivity contribution in [3.05, 3.63) is 72.3 Å². The molecule has 0 aromatic heterocycles. The van der Waals surface area contributed by atoms with Crippen molar-refractivity contribution in [1.82, 2.24) is 10.6 Å². The highest BCUT2D eigenvalue weighted by molar-refractivity contribution is 5.86. The lowest BCUT2D eigenvalue weighted by atomic mass is 9.98. The number of carbonyl (C=O) groups is 3. The zero-order valence-electron chi connectivity index (χ0n) is 17.5. The number of aliphatic hydroxyl groups is 1. The predicted octanol–water partition coefficient (Wildman–Crippen LogP) is 2.42. The molecule has 0 saturated heterocycles. The van der Waals surface area contributed by atoms with E-state index in [1.54, 1.807) is 6.08 Å². The lowest BCUT2D eigenvalue weighted by Gasteiger charge is -2.20. The highest BCUT2D eigenvalue weighted by Crippen LogP contribution is 2.44. The number of carboxylic acids is 1. The van der Waals surface area contributed by atoms with E-state index in [-0.39, 0.29) is 18.9 Å². The second-order valence-corrected chi connectivity index (χ2v) is 7.49. The SMILES string of the molecule is C=CCCC(NC(=O)OCC1c2ccccc2-c2ccccc21)C(=O)NCC(O)C(=O)O. The minimum absolute atomic E-state index is 0.105. The Kier molecular flexibility index (Phi) is 7.62. The number of ether oxygens (including phenoxy) is 1. The molecule has 1 aliphatic rings. The molecule has 0 radical (unpaired) electrons. The third-order valence-electron chi connectivity index (χ3n) is 5.37. The summed E-state index contributed by atoms with van der Waals surface area (Å²) in [6.07, 6.45) is -0.180. The van der Waals surface area contributed by atoms with Crippen LogP contribution >= 0.6 is 0 Å². The Hall–Kier alpha value is -3.65. The molecule has 0 spiro atoms. The summed E-state index contributed by atoms with van der Waals surface area (Å²) < 4.78 is 5.46. The van der Waals surface area contributed by atoms with E-state index in [2.05, 4.69) is 17.2 Å². The summed E-state index contributed by atoms with van der Waals surface area (Å²) in [5.74, 6) is -2.17. The molecule has 2 atom stereocenters. The van der Waals surface area contributed by atoms with Gasteiger partial charge >= 0.3 is 12.1 Å². The Bertz CT molecular complexity index is 960. The number of aliphatic carboxylic acids is 1. The number of carboxylic acid groups (broad SMARTS) is 1. The number of amides is 2. The molecule has 0 heterocycles. The lowest BCUT2D eigenvalue weighted by Crippen LogP contribution is -2.49. The fourth-order valence-corrected chi connectivity index (χ4v) is 3.74. The minimum Gasteiger partial charge on any atom is -0.479 e. The van der Waals surface area contributed by atoms with E-state index in [0.29, 0.717) is 6.42 Å². The Morgan fingerprint density at radius 3 is 2.22 bits per heavy atom. The molecule has 4 N–H and O–H groups in total. The fraction of sp³-hybridized carbons (Fsp3) is 0.292. The highest BCUT2D eigenvalue weighted by atomic mass is 16.5. The van der Waals surface area contributed by atoms with Crippen LogP contribution in [-0.4, -0.2) is 53.5 Å². The van der Waals surface area contributed by atoms with E-state index in [1.807, 2.05) is 48.5 Å². The van der Waals surface area contributed by atoms with Crippen molar-refractivity contribution >= 4 is 18.0 Å². The van der Waals surface area contributed by atoms with Crippen molar-refractivity contribution in [2.75, 3.05) is 13.2 Å². The quantitative estimate of drug-likeness (QED) is 0.422. The Morgan fingerprint density at radius 2 is 1.66 bits per heavy atom. The van der Waals surface area contributed by atoms with E-state index in [1.165, 1.54) is 0 Å². The van der Waals surface area contributed by atoms with Gasteiger partial charge in [-0.1, -0.05) is 54.6 Å². The summed E-state index contributed by atoms with van der Waals surface area (Å²) in [6, 6.07) is 15.0. The number of nitrogens with one attached hydrogen (secondary N) is 2. The smallest absolute Gasteiger partial charge is 0.407 e. The van der Waals surface area contributed by atoms with Gasteiger partial charge in [0, 0.05) is 5.92 Å². The van der Waals surface area contributed by atoms with Gasteiger partial charge in [-0.3, -0.25) is 4.79 Å². The highest BCUT2D eigenvalue weighted by Gasteiger charge is 2.30. The number of benzene rings is 2. The molecule has 2 aromatic carbocycles. The van der Waals surface area contributed by atoms with Crippen LogP contribution in [-0.2, 0) is 14.3 Å². The molecule has 3 rings (SSSR count). The summed E-state index contributed by atoms with van der Waals surface area (Å²) in [5, 5.41) is 22.9. The molecule has 0 fully saturated rings. The molecule has 168 valence electrons. The predicted molar refractivity (Wildman–Crippen MR) is 118 cm³/mol. The number of carbonyl (C=O) groups excluding carboxylic acids is 2. The summed E-state index contributed by atoms with van der Waals surface area (Å²) in [4.78, 5) is 35.6. The monoisotopic (exact) mass is 438 g/mol. The lowest BCUT2D eigenvalue weighted by molar-refractivity contribution is -0.146. The van der Waals surface area contributed by atoms with Crippen molar-refractivity contribution in [3.63, 3.8) is 0 Å². The van der Waals surface area contributed by atoms with Gasteiger partial charge in [0.15, 0.2) is 6.10 Å². The second kappa shape index (κ2) is 10.6. The number of aliphatic hydroxyl groups excluding tert-OH is 1. The summed E-state index contributed by atoms with van der Waals surface area (Å²) in [6.45, 7) is 3.24. The topological polar surface area (TPSA) is 125 Å². The van der Waals surface area contributed by atoms with Gasteiger partial charge in [-0.2, -0.15) is 0 Å². The van der Waals surface area contributed by atoms with Crippen molar-refractivity contribution < 1.29 is 29.3 Å². The van der Waals surface area contributed by atoms with Gasteiger partial charge in [0.1, 0.15) is 12.6 Å². The maximum absolute atomic E-state index is 12.5. The minimum atomic E-state index is -1.73. The molecule has 2 unspecified atom stereocenters. The van der Waals surface area contributed by atoms with Crippen LogP contribution < -0.4 is 10.6 Å². The van der Waals surface area contributed by atoms with Crippen LogP contribution in [0, 0.1) is 0 Å². The molecule has 0 saturated carbocycles.